The van der Waals surface area contributed by atoms with Crippen molar-refractivity contribution >= 4 is 26.6 Å². The van der Waals surface area contributed by atoms with Crippen LogP contribution in [0, 0.1) is 6.92 Å². The van der Waals surface area contributed by atoms with Crippen LogP contribution in [0.3, 0.4) is 0 Å². The third-order valence-electron chi connectivity index (χ3n) is 5.61. The summed E-state index contributed by atoms with van der Waals surface area (Å²) in [6.07, 6.45) is -5.62. The van der Waals surface area contributed by atoms with Gasteiger partial charge in [-0.15, -0.1) is 0 Å². The number of H-pyrrole nitrogens is 1. The van der Waals surface area contributed by atoms with Gasteiger partial charge >= 0.3 is 6.18 Å². The number of hydrogen-bond donors (Lipinski definition) is 4. The molecule has 0 spiro atoms. The van der Waals surface area contributed by atoms with Crippen LogP contribution in [0.15, 0.2) is 71.6 Å². The molecule has 0 aliphatic carbocycles. The molecule has 37 heavy (non-hydrogen) atoms. The van der Waals surface area contributed by atoms with Crippen molar-refractivity contribution in [3.8, 4) is 5.75 Å². The topological polar surface area (TPSA) is 116 Å². The summed E-state index contributed by atoms with van der Waals surface area (Å²) in [6, 6.07) is 15.1. The molecule has 0 radical (unpaired) electrons. The molecular weight excluding hydrogens is 509 g/mol. The minimum Gasteiger partial charge on any atom is -0.492 e. The van der Waals surface area contributed by atoms with Gasteiger partial charge in [-0.25, -0.2) is 8.42 Å². The summed E-state index contributed by atoms with van der Waals surface area (Å²) in [4.78, 5) is -0.517. The van der Waals surface area contributed by atoms with Crippen LogP contribution in [0.4, 0.5) is 18.9 Å². The van der Waals surface area contributed by atoms with Crippen LogP contribution in [0.5, 0.6) is 5.75 Å². The molecule has 1 heterocycles. The highest BCUT2D eigenvalue weighted by molar-refractivity contribution is 7.92. The highest BCUT2D eigenvalue weighted by atomic mass is 32.2. The van der Waals surface area contributed by atoms with Crippen LogP contribution in [0.2, 0.25) is 0 Å². The maximum absolute atomic E-state index is 13.0. The number of rotatable bonds is 10. The van der Waals surface area contributed by atoms with E-state index in [0.29, 0.717) is 30.5 Å². The van der Waals surface area contributed by atoms with E-state index in [1.165, 1.54) is 12.1 Å². The molecule has 0 saturated carbocycles. The number of nitrogens with zero attached hydrogens (tertiary/aromatic N) is 1. The van der Waals surface area contributed by atoms with Gasteiger partial charge in [0.15, 0.2) is 0 Å². The normalized spacial score (nSPS) is 13.0. The molecule has 0 saturated heterocycles. The van der Waals surface area contributed by atoms with Gasteiger partial charge in [-0.3, -0.25) is 9.82 Å². The lowest BCUT2D eigenvalue weighted by Crippen LogP contribution is -2.26. The Hall–Kier alpha value is -3.61. The van der Waals surface area contributed by atoms with Gasteiger partial charge < -0.3 is 15.2 Å². The fraction of sp³-hybridized carbons (Fsp3) is 0.240. The molecule has 4 rings (SSSR count). The number of benzene rings is 3. The Morgan fingerprint density at radius 2 is 1.86 bits per heavy atom. The van der Waals surface area contributed by atoms with Gasteiger partial charge in [-0.1, -0.05) is 18.2 Å². The predicted octanol–water partition coefficient (Wildman–Crippen LogP) is 4.39. The van der Waals surface area contributed by atoms with Crippen LogP contribution in [0.1, 0.15) is 22.9 Å². The van der Waals surface area contributed by atoms with Gasteiger partial charge in [0, 0.05) is 30.2 Å². The number of aliphatic hydroxyl groups excluding tert-OH is 1. The largest absolute Gasteiger partial charge is 0.492 e. The van der Waals surface area contributed by atoms with Gasteiger partial charge in [0.1, 0.15) is 12.4 Å². The second-order valence-corrected chi connectivity index (χ2v) is 10.0. The maximum Gasteiger partial charge on any atom is 0.416 e. The molecule has 4 N–H and O–H groups in total. The zero-order chi connectivity index (χ0) is 26.6. The molecule has 0 aliphatic heterocycles. The fourth-order valence-corrected chi connectivity index (χ4v) is 4.78. The lowest BCUT2D eigenvalue weighted by atomic mass is 10.1. The number of aliphatic hydroxyl groups is 1. The molecule has 8 nitrogen and oxygen atoms in total. The molecule has 0 amide bonds. The molecule has 0 fully saturated rings. The quantitative estimate of drug-likeness (QED) is 0.224. The summed E-state index contributed by atoms with van der Waals surface area (Å²) in [5.74, 6) is 0.680. The molecule has 196 valence electrons. The van der Waals surface area contributed by atoms with E-state index >= 15 is 0 Å². The van der Waals surface area contributed by atoms with Crippen LogP contribution in [-0.2, 0) is 16.2 Å². The highest BCUT2D eigenvalue weighted by Gasteiger charge is 2.31. The molecule has 1 aromatic heterocycles. The fourth-order valence-electron chi connectivity index (χ4n) is 3.69. The van der Waals surface area contributed by atoms with Crippen molar-refractivity contribution in [2.45, 2.75) is 24.1 Å². The van der Waals surface area contributed by atoms with Gasteiger partial charge in [0.05, 0.1) is 27.8 Å². The summed E-state index contributed by atoms with van der Waals surface area (Å²) < 4.78 is 72.1. The van der Waals surface area contributed by atoms with Crippen molar-refractivity contribution in [2.75, 3.05) is 24.4 Å². The number of anilines is 1. The van der Waals surface area contributed by atoms with Gasteiger partial charge in [0.2, 0.25) is 0 Å². The first-order valence-electron chi connectivity index (χ1n) is 11.3. The standard InChI is InChI=1S/C25H25F3N4O4S/c1-16-22-9-8-20(14-23(22)31-30-16)36-11-10-29-15-24(33)17-4-2-6-19(12-17)32-37(34,35)21-7-3-5-18(13-21)25(26,27)28/h2-9,12-14,24,29,32-33H,10-11,15H2,1H3,(H,30,31). The number of sulfonamides is 1. The van der Waals surface area contributed by atoms with Crippen molar-refractivity contribution in [3.63, 3.8) is 0 Å². The van der Waals surface area contributed by atoms with Crippen LogP contribution in [0.25, 0.3) is 10.9 Å². The van der Waals surface area contributed by atoms with Crippen LogP contribution >= 0.6 is 0 Å². The Kier molecular flexibility index (Phi) is 7.71. The van der Waals surface area contributed by atoms with Crippen LogP contribution < -0.4 is 14.8 Å². The average molecular weight is 535 g/mol. The number of aromatic amines is 1. The molecule has 3 aromatic carbocycles. The predicted molar refractivity (Wildman–Crippen MR) is 133 cm³/mol. The first kappa shape index (κ1) is 26.5. The number of alkyl halides is 3. The number of aromatic nitrogens is 2. The van der Waals surface area contributed by atoms with Crippen LogP contribution in [-0.4, -0.2) is 43.4 Å². The number of aryl methyl sites for hydroxylation is 1. The smallest absolute Gasteiger partial charge is 0.416 e. The van der Waals surface area contributed by atoms with E-state index in [0.717, 1.165) is 34.8 Å². The maximum atomic E-state index is 13.0. The number of hydrogen-bond acceptors (Lipinski definition) is 6. The van der Waals surface area contributed by atoms with E-state index in [1.807, 2.05) is 25.1 Å². The first-order chi connectivity index (χ1) is 17.5. The van der Waals surface area contributed by atoms with E-state index in [1.54, 1.807) is 12.1 Å². The van der Waals surface area contributed by atoms with Crippen molar-refractivity contribution in [1.82, 2.24) is 15.5 Å². The Bertz CT molecular complexity index is 1490. The van der Waals surface area contributed by atoms with Crippen molar-refractivity contribution < 1.29 is 31.4 Å². The summed E-state index contributed by atoms with van der Waals surface area (Å²) in [6.45, 7) is 2.88. The van der Waals surface area contributed by atoms with E-state index in [9.17, 15) is 26.7 Å². The molecule has 12 heteroatoms. The average Bonchev–Trinajstić information content (AvgIpc) is 3.23. The van der Waals surface area contributed by atoms with Crippen molar-refractivity contribution in [1.29, 1.82) is 0 Å². The van der Waals surface area contributed by atoms with Crippen molar-refractivity contribution in [3.05, 3.63) is 83.6 Å². The summed E-state index contributed by atoms with van der Waals surface area (Å²) in [7, 11) is -4.27. The Morgan fingerprint density at radius 1 is 1.08 bits per heavy atom. The summed E-state index contributed by atoms with van der Waals surface area (Å²) >= 11 is 0. The molecule has 1 atom stereocenters. The third-order valence-corrected chi connectivity index (χ3v) is 6.98. The highest BCUT2D eigenvalue weighted by Crippen LogP contribution is 2.31. The van der Waals surface area contributed by atoms with Gasteiger partial charge in [-0.2, -0.15) is 18.3 Å². The SMILES string of the molecule is Cc1n[nH]c2cc(OCCNCC(O)c3cccc(NS(=O)(=O)c4cccc(C(F)(F)F)c4)c3)ccc12. The zero-order valence-corrected chi connectivity index (χ0v) is 20.5. The lowest BCUT2D eigenvalue weighted by Gasteiger charge is -2.15. The van der Waals surface area contributed by atoms with Gasteiger partial charge in [-0.05, 0) is 55.0 Å². The third kappa shape index (κ3) is 6.59. The van der Waals surface area contributed by atoms with E-state index in [4.69, 9.17) is 4.74 Å². The Labute approximate surface area is 211 Å². The van der Waals surface area contributed by atoms with E-state index in [-0.39, 0.29) is 12.2 Å². The molecule has 1 unspecified atom stereocenters. The number of fused-ring (bicyclic) bond motifs is 1. The Morgan fingerprint density at radius 3 is 2.65 bits per heavy atom. The van der Waals surface area contributed by atoms with Crippen molar-refractivity contribution in [2.24, 2.45) is 0 Å². The number of nitrogens with one attached hydrogen (secondary N) is 3. The minimum absolute atomic E-state index is 0.113. The molecule has 0 aliphatic rings. The monoisotopic (exact) mass is 534 g/mol. The number of ether oxygens (including phenoxy) is 1. The van der Waals surface area contributed by atoms with Gasteiger partial charge in [0.25, 0.3) is 10.0 Å². The lowest BCUT2D eigenvalue weighted by molar-refractivity contribution is -0.137. The first-order valence-corrected chi connectivity index (χ1v) is 12.8. The zero-order valence-electron chi connectivity index (χ0n) is 19.7. The molecule has 4 aromatic rings. The summed E-state index contributed by atoms with van der Waals surface area (Å²) in [5, 5.41) is 21.7. The molecular formula is C25H25F3N4O4S. The van der Waals surface area contributed by atoms with E-state index in [2.05, 4.69) is 20.2 Å². The Balaban J connectivity index is 1.30. The second-order valence-electron chi connectivity index (χ2n) is 8.34. The number of halogens is 3. The summed E-state index contributed by atoms with van der Waals surface area (Å²) in [5.41, 5.74) is 1.26. The van der Waals surface area contributed by atoms with E-state index < -0.39 is 32.8 Å². The second kappa shape index (κ2) is 10.8. The minimum atomic E-state index is -4.67. The molecule has 0 bridgehead atoms.